The third kappa shape index (κ3) is 3.59. The third-order valence-corrected chi connectivity index (χ3v) is 2.75. The molecule has 0 bridgehead atoms. The van der Waals surface area contributed by atoms with Gasteiger partial charge >= 0.3 is 6.01 Å². The largest absolute Gasteiger partial charge is 0.424 e. The molecule has 0 aliphatic rings. The summed E-state index contributed by atoms with van der Waals surface area (Å²) in [4.78, 5) is 10.3. The van der Waals surface area contributed by atoms with E-state index in [1.165, 1.54) is 0 Å². The molecule has 0 aliphatic heterocycles. The van der Waals surface area contributed by atoms with E-state index in [-0.39, 0.29) is 11.8 Å². The molecule has 1 aromatic heterocycles. The summed E-state index contributed by atoms with van der Waals surface area (Å²) in [5, 5.41) is 11.6. The molecule has 0 aliphatic carbocycles. The van der Waals surface area contributed by atoms with Crippen LogP contribution in [0.3, 0.4) is 0 Å². The van der Waals surface area contributed by atoms with Gasteiger partial charge < -0.3 is 20.6 Å². The summed E-state index contributed by atoms with van der Waals surface area (Å²) in [7, 11) is 3.89. The lowest BCUT2D eigenvalue weighted by molar-refractivity contribution is 0.318. The summed E-state index contributed by atoms with van der Waals surface area (Å²) >= 11 is 0. The molecule has 0 saturated heterocycles. The lowest BCUT2D eigenvalue weighted by Gasteiger charge is -2.13. The lowest BCUT2D eigenvalue weighted by Crippen LogP contribution is -2.16. The fraction of sp³-hybridized carbons (Fsp3) is 0.214. The molecule has 0 radical (unpaired) electrons. The summed E-state index contributed by atoms with van der Waals surface area (Å²) < 4.78 is 5.64. The number of oxime groups is 1. The first-order valence-electron chi connectivity index (χ1n) is 6.28. The topological polar surface area (TPSA) is 96.9 Å². The lowest BCUT2D eigenvalue weighted by atomic mass is 10.3. The van der Waals surface area contributed by atoms with E-state index in [0.717, 1.165) is 5.69 Å². The molecular formula is C14H17N5O2. The van der Waals surface area contributed by atoms with Gasteiger partial charge in [0, 0.05) is 31.5 Å². The van der Waals surface area contributed by atoms with Crippen LogP contribution in [-0.4, -0.2) is 35.1 Å². The number of hydrogen-bond donors (Lipinski definition) is 2. The van der Waals surface area contributed by atoms with Gasteiger partial charge in [-0.15, -0.1) is 0 Å². The van der Waals surface area contributed by atoms with Crippen molar-refractivity contribution in [2.75, 3.05) is 19.0 Å². The first-order valence-corrected chi connectivity index (χ1v) is 6.28. The predicted octanol–water partition coefficient (Wildman–Crippen LogP) is 1.74. The molecule has 7 nitrogen and oxygen atoms in total. The molecule has 0 unspecified atom stereocenters. The second-order valence-electron chi connectivity index (χ2n) is 4.66. The summed E-state index contributed by atoms with van der Waals surface area (Å²) in [6.45, 7) is 1.78. The number of nitrogens with zero attached hydrogens (tertiary/aromatic N) is 4. The van der Waals surface area contributed by atoms with E-state index >= 15 is 0 Å². The number of aryl methyl sites for hydroxylation is 1. The van der Waals surface area contributed by atoms with Crippen molar-refractivity contribution in [1.82, 2.24) is 9.97 Å². The quantitative estimate of drug-likeness (QED) is 0.385. The molecule has 110 valence electrons. The van der Waals surface area contributed by atoms with Gasteiger partial charge in [-0.25, -0.2) is 4.98 Å². The third-order valence-electron chi connectivity index (χ3n) is 2.75. The minimum atomic E-state index is -0.0904. The summed E-state index contributed by atoms with van der Waals surface area (Å²) in [6.07, 6.45) is 0. The SMILES string of the molecule is Cc1cc(/C(N)=N/O)nc(Oc2cccc(N(C)C)c2)n1. The summed E-state index contributed by atoms with van der Waals surface area (Å²) in [6, 6.07) is 9.28. The highest BCUT2D eigenvalue weighted by Gasteiger charge is 2.08. The first-order chi connectivity index (χ1) is 9.99. The molecule has 0 amide bonds. The second kappa shape index (κ2) is 6.08. The maximum atomic E-state index is 8.71. The number of hydrogen-bond acceptors (Lipinski definition) is 6. The highest BCUT2D eigenvalue weighted by Crippen LogP contribution is 2.23. The van der Waals surface area contributed by atoms with E-state index < -0.39 is 0 Å². The average Bonchev–Trinajstić information content (AvgIpc) is 2.46. The Kier molecular flexibility index (Phi) is 4.22. The van der Waals surface area contributed by atoms with Crippen LogP contribution in [0.4, 0.5) is 5.69 Å². The van der Waals surface area contributed by atoms with Crippen LogP contribution in [0.2, 0.25) is 0 Å². The first kappa shape index (κ1) is 14.6. The molecule has 1 aromatic carbocycles. The Labute approximate surface area is 122 Å². The number of aromatic nitrogens is 2. The molecule has 0 saturated carbocycles. The standard InChI is InChI=1S/C14H17N5O2/c1-9-7-12(13(15)18-20)17-14(16-9)21-11-6-4-5-10(8-11)19(2)3/h4-8,20H,1-3H3,(H2,15,18). The van der Waals surface area contributed by atoms with Crippen molar-refractivity contribution >= 4 is 11.5 Å². The molecule has 3 N–H and O–H groups in total. The Morgan fingerprint density at radius 1 is 1.29 bits per heavy atom. The van der Waals surface area contributed by atoms with Crippen molar-refractivity contribution in [3.05, 3.63) is 41.7 Å². The maximum absolute atomic E-state index is 8.71. The molecule has 0 atom stereocenters. The Balaban J connectivity index is 2.31. The molecular weight excluding hydrogens is 270 g/mol. The van der Waals surface area contributed by atoms with Crippen molar-refractivity contribution < 1.29 is 9.94 Å². The number of amidine groups is 1. The van der Waals surface area contributed by atoms with Crippen LogP contribution in [0.1, 0.15) is 11.4 Å². The number of ether oxygens (including phenoxy) is 1. The van der Waals surface area contributed by atoms with Gasteiger partial charge in [0.2, 0.25) is 0 Å². The second-order valence-corrected chi connectivity index (χ2v) is 4.66. The molecule has 2 rings (SSSR count). The van der Waals surface area contributed by atoms with E-state index in [1.807, 2.05) is 43.3 Å². The number of nitrogens with two attached hydrogens (primary N) is 1. The monoisotopic (exact) mass is 287 g/mol. The van der Waals surface area contributed by atoms with Crippen LogP contribution in [-0.2, 0) is 0 Å². The van der Waals surface area contributed by atoms with Gasteiger partial charge in [-0.3, -0.25) is 0 Å². The van der Waals surface area contributed by atoms with Gasteiger partial charge in [0.1, 0.15) is 11.4 Å². The van der Waals surface area contributed by atoms with E-state index in [9.17, 15) is 0 Å². The van der Waals surface area contributed by atoms with Gasteiger partial charge in [-0.2, -0.15) is 4.98 Å². The van der Waals surface area contributed by atoms with E-state index in [1.54, 1.807) is 13.0 Å². The van der Waals surface area contributed by atoms with Crippen molar-refractivity contribution in [3.8, 4) is 11.8 Å². The van der Waals surface area contributed by atoms with Crippen molar-refractivity contribution in [1.29, 1.82) is 0 Å². The van der Waals surface area contributed by atoms with Crippen LogP contribution in [0.15, 0.2) is 35.5 Å². The zero-order chi connectivity index (χ0) is 15.4. The fourth-order valence-corrected chi connectivity index (χ4v) is 1.70. The number of anilines is 1. The molecule has 0 fully saturated rings. The Morgan fingerprint density at radius 2 is 2.05 bits per heavy atom. The Bertz CT molecular complexity index is 670. The summed E-state index contributed by atoms with van der Waals surface area (Å²) in [5.74, 6) is 0.518. The van der Waals surface area contributed by atoms with E-state index in [4.69, 9.17) is 15.7 Å². The van der Waals surface area contributed by atoms with Crippen LogP contribution >= 0.6 is 0 Å². The van der Waals surface area contributed by atoms with Crippen LogP contribution in [0.5, 0.6) is 11.8 Å². The molecule has 1 heterocycles. The minimum absolute atomic E-state index is 0.0904. The van der Waals surface area contributed by atoms with Gasteiger partial charge in [0.05, 0.1) is 0 Å². The van der Waals surface area contributed by atoms with Gasteiger partial charge in [0.25, 0.3) is 0 Å². The number of rotatable bonds is 4. The molecule has 21 heavy (non-hydrogen) atoms. The average molecular weight is 287 g/mol. The Morgan fingerprint density at radius 3 is 2.71 bits per heavy atom. The zero-order valence-corrected chi connectivity index (χ0v) is 12.1. The maximum Gasteiger partial charge on any atom is 0.322 e. The smallest absolute Gasteiger partial charge is 0.322 e. The minimum Gasteiger partial charge on any atom is -0.424 e. The normalized spacial score (nSPS) is 11.3. The van der Waals surface area contributed by atoms with Crippen LogP contribution in [0, 0.1) is 6.92 Å². The van der Waals surface area contributed by atoms with E-state index in [0.29, 0.717) is 17.1 Å². The molecule has 2 aromatic rings. The summed E-state index contributed by atoms with van der Waals surface area (Å²) in [5.41, 5.74) is 7.50. The number of benzene rings is 1. The van der Waals surface area contributed by atoms with Crippen molar-refractivity contribution in [2.45, 2.75) is 6.92 Å². The fourth-order valence-electron chi connectivity index (χ4n) is 1.70. The van der Waals surface area contributed by atoms with Gasteiger partial charge in [-0.05, 0) is 25.1 Å². The van der Waals surface area contributed by atoms with Gasteiger partial charge in [-0.1, -0.05) is 11.2 Å². The van der Waals surface area contributed by atoms with Crippen LogP contribution in [0.25, 0.3) is 0 Å². The Hall–Kier alpha value is -2.83. The molecule has 0 spiro atoms. The van der Waals surface area contributed by atoms with Crippen molar-refractivity contribution in [3.63, 3.8) is 0 Å². The van der Waals surface area contributed by atoms with E-state index in [2.05, 4.69) is 15.1 Å². The molecule has 7 heteroatoms. The highest BCUT2D eigenvalue weighted by atomic mass is 16.5. The van der Waals surface area contributed by atoms with Gasteiger partial charge in [0.15, 0.2) is 5.84 Å². The predicted molar refractivity (Wildman–Crippen MR) is 80.1 cm³/mol. The zero-order valence-electron chi connectivity index (χ0n) is 12.1. The van der Waals surface area contributed by atoms with Crippen molar-refractivity contribution in [2.24, 2.45) is 10.9 Å². The van der Waals surface area contributed by atoms with Crippen LogP contribution < -0.4 is 15.4 Å². The highest BCUT2D eigenvalue weighted by molar-refractivity contribution is 5.95.